The molecule has 188 valence electrons. The molecule has 3 aromatic carbocycles. The van der Waals surface area contributed by atoms with Crippen LogP contribution in [-0.4, -0.2) is 39.1 Å². The second-order valence-corrected chi connectivity index (χ2v) is 9.09. The summed E-state index contributed by atoms with van der Waals surface area (Å²) in [5, 5.41) is 12.3. The number of esters is 1. The lowest BCUT2D eigenvalue weighted by Crippen LogP contribution is -2.13. The molecule has 0 aliphatic heterocycles. The number of carboxylic acids is 1. The first-order valence-electron chi connectivity index (χ1n) is 12.4. The van der Waals surface area contributed by atoms with E-state index in [1.165, 1.54) is 0 Å². The number of aromatic nitrogens is 2. The highest BCUT2D eigenvalue weighted by Gasteiger charge is 2.24. The molecule has 1 aliphatic rings. The summed E-state index contributed by atoms with van der Waals surface area (Å²) < 4.78 is 7.19. The van der Waals surface area contributed by atoms with Crippen LogP contribution in [0.15, 0.2) is 66.7 Å². The van der Waals surface area contributed by atoms with Gasteiger partial charge in [-0.3, -0.25) is 4.79 Å². The molecule has 0 saturated heterocycles. The monoisotopic (exact) mass is 497 g/mol. The summed E-state index contributed by atoms with van der Waals surface area (Å²) in [6.45, 7) is 2.04. The molecule has 4 aromatic rings. The van der Waals surface area contributed by atoms with Gasteiger partial charge in [0.1, 0.15) is 5.82 Å². The number of nitrogens with zero attached hydrogens (tertiary/aromatic N) is 2. The SMILES string of the molecule is CCOC(=O)c1ccc(NC(=O)c2cccc(-c3nc4cc(C(=O)O)ccc4n3C3CCCC3)c2)cc1. The second-order valence-electron chi connectivity index (χ2n) is 9.09. The largest absolute Gasteiger partial charge is 0.478 e. The molecule has 1 fully saturated rings. The molecule has 1 amide bonds. The van der Waals surface area contributed by atoms with Gasteiger partial charge in [-0.05, 0) is 74.4 Å². The molecule has 0 radical (unpaired) electrons. The van der Waals surface area contributed by atoms with Crippen LogP contribution in [-0.2, 0) is 4.74 Å². The van der Waals surface area contributed by atoms with E-state index in [4.69, 9.17) is 9.72 Å². The van der Waals surface area contributed by atoms with Gasteiger partial charge in [0, 0.05) is 22.9 Å². The number of hydrogen-bond donors (Lipinski definition) is 2. The molecule has 0 spiro atoms. The number of ether oxygens (including phenoxy) is 1. The molecule has 0 bridgehead atoms. The van der Waals surface area contributed by atoms with Crippen molar-refractivity contribution in [3.05, 3.63) is 83.4 Å². The van der Waals surface area contributed by atoms with Crippen molar-refractivity contribution in [2.75, 3.05) is 11.9 Å². The van der Waals surface area contributed by atoms with Crippen molar-refractivity contribution >= 4 is 34.6 Å². The number of amides is 1. The highest BCUT2D eigenvalue weighted by molar-refractivity contribution is 6.05. The zero-order chi connectivity index (χ0) is 25.9. The third kappa shape index (κ3) is 4.95. The number of anilines is 1. The van der Waals surface area contributed by atoms with Crippen LogP contribution in [0.2, 0.25) is 0 Å². The lowest BCUT2D eigenvalue weighted by molar-refractivity contribution is 0.0525. The Balaban J connectivity index is 1.46. The molecule has 2 N–H and O–H groups in total. The maximum atomic E-state index is 13.1. The van der Waals surface area contributed by atoms with Gasteiger partial charge in [0.15, 0.2) is 0 Å². The Morgan fingerprint density at radius 1 is 0.973 bits per heavy atom. The minimum Gasteiger partial charge on any atom is -0.478 e. The van der Waals surface area contributed by atoms with Crippen molar-refractivity contribution in [1.82, 2.24) is 9.55 Å². The number of hydrogen-bond acceptors (Lipinski definition) is 5. The number of carboxylic acid groups (broad SMARTS) is 1. The topological polar surface area (TPSA) is 111 Å². The fraction of sp³-hybridized carbons (Fsp3) is 0.241. The molecule has 1 aromatic heterocycles. The molecule has 5 rings (SSSR count). The molecule has 8 heteroatoms. The van der Waals surface area contributed by atoms with E-state index in [0.29, 0.717) is 28.9 Å². The van der Waals surface area contributed by atoms with Gasteiger partial charge in [-0.1, -0.05) is 25.0 Å². The maximum Gasteiger partial charge on any atom is 0.338 e. The smallest absolute Gasteiger partial charge is 0.338 e. The summed E-state index contributed by atoms with van der Waals surface area (Å²) in [5.74, 6) is -0.971. The van der Waals surface area contributed by atoms with Crippen LogP contribution in [0.25, 0.3) is 22.4 Å². The van der Waals surface area contributed by atoms with Gasteiger partial charge in [-0.2, -0.15) is 0 Å². The lowest BCUT2D eigenvalue weighted by Gasteiger charge is -2.17. The lowest BCUT2D eigenvalue weighted by atomic mass is 10.1. The first kappa shape index (κ1) is 24.2. The fourth-order valence-electron chi connectivity index (χ4n) is 4.87. The predicted octanol–water partition coefficient (Wildman–Crippen LogP) is 5.95. The number of carbonyl (C=O) groups excluding carboxylic acids is 2. The number of rotatable bonds is 7. The summed E-state index contributed by atoms with van der Waals surface area (Å²) in [7, 11) is 0. The van der Waals surface area contributed by atoms with Crippen LogP contribution in [0, 0.1) is 0 Å². The Kier molecular flexibility index (Phi) is 6.72. The molecule has 37 heavy (non-hydrogen) atoms. The Hall–Kier alpha value is -4.46. The van der Waals surface area contributed by atoms with E-state index in [0.717, 1.165) is 42.6 Å². The van der Waals surface area contributed by atoms with E-state index in [1.54, 1.807) is 55.5 Å². The number of imidazole rings is 1. The molecule has 1 heterocycles. The number of nitrogens with one attached hydrogen (secondary N) is 1. The summed E-state index contributed by atoms with van der Waals surface area (Å²) in [5.41, 5.74) is 3.93. The number of benzene rings is 3. The van der Waals surface area contributed by atoms with Gasteiger partial charge in [0.05, 0.1) is 28.8 Å². The van der Waals surface area contributed by atoms with Gasteiger partial charge in [-0.15, -0.1) is 0 Å². The van der Waals surface area contributed by atoms with E-state index in [-0.39, 0.29) is 17.5 Å². The minimum atomic E-state index is -0.993. The zero-order valence-corrected chi connectivity index (χ0v) is 20.4. The third-order valence-corrected chi connectivity index (χ3v) is 6.66. The molecule has 0 unspecified atom stereocenters. The maximum absolute atomic E-state index is 13.1. The first-order chi connectivity index (χ1) is 17.9. The number of aromatic carboxylic acids is 1. The van der Waals surface area contributed by atoms with Crippen LogP contribution in [0.4, 0.5) is 5.69 Å². The standard InChI is InChI=1S/C29H27N3O5/c1-2-37-29(36)18-10-13-22(14-11-18)30-27(33)20-7-5-6-19(16-20)26-31-24-17-21(28(34)35)12-15-25(24)32(26)23-8-3-4-9-23/h5-7,10-17,23H,2-4,8-9H2,1H3,(H,30,33)(H,34,35). The Labute approximate surface area is 213 Å². The van der Waals surface area contributed by atoms with Crippen LogP contribution in [0.1, 0.15) is 69.7 Å². The van der Waals surface area contributed by atoms with Gasteiger partial charge in [0.2, 0.25) is 0 Å². The molecular weight excluding hydrogens is 470 g/mol. The molecular formula is C29H27N3O5. The zero-order valence-electron chi connectivity index (χ0n) is 20.4. The highest BCUT2D eigenvalue weighted by atomic mass is 16.5. The molecule has 1 aliphatic carbocycles. The van der Waals surface area contributed by atoms with Crippen molar-refractivity contribution in [3.8, 4) is 11.4 Å². The highest BCUT2D eigenvalue weighted by Crippen LogP contribution is 2.37. The van der Waals surface area contributed by atoms with Crippen molar-refractivity contribution < 1.29 is 24.2 Å². The Morgan fingerprint density at radius 3 is 2.41 bits per heavy atom. The average Bonchev–Trinajstić information content (AvgIpc) is 3.56. The fourth-order valence-corrected chi connectivity index (χ4v) is 4.87. The van der Waals surface area contributed by atoms with Gasteiger partial charge < -0.3 is 19.7 Å². The van der Waals surface area contributed by atoms with Gasteiger partial charge in [0.25, 0.3) is 5.91 Å². The average molecular weight is 498 g/mol. The van der Waals surface area contributed by atoms with Crippen molar-refractivity contribution in [2.24, 2.45) is 0 Å². The van der Waals surface area contributed by atoms with E-state index in [2.05, 4.69) is 9.88 Å². The van der Waals surface area contributed by atoms with Crippen molar-refractivity contribution in [2.45, 2.75) is 38.6 Å². The van der Waals surface area contributed by atoms with Gasteiger partial charge in [-0.25, -0.2) is 14.6 Å². The van der Waals surface area contributed by atoms with Crippen LogP contribution >= 0.6 is 0 Å². The quantitative estimate of drug-likeness (QED) is 0.306. The van der Waals surface area contributed by atoms with Crippen LogP contribution < -0.4 is 5.32 Å². The summed E-state index contributed by atoms with van der Waals surface area (Å²) in [4.78, 5) is 41.3. The van der Waals surface area contributed by atoms with E-state index >= 15 is 0 Å². The van der Waals surface area contributed by atoms with Crippen LogP contribution in [0.5, 0.6) is 0 Å². The molecule has 1 saturated carbocycles. The van der Waals surface area contributed by atoms with Crippen molar-refractivity contribution in [3.63, 3.8) is 0 Å². The predicted molar refractivity (Wildman–Crippen MR) is 140 cm³/mol. The summed E-state index contributed by atoms with van der Waals surface area (Å²) in [6.07, 6.45) is 4.32. The molecule has 0 atom stereocenters. The number of fused-ring (bicyclic) bond motifs is 1. The Morgan fingerprint density at radius 2 is 1.70 bits per heavy atom. The second kappa shape index (κ2) is 10.3. The van der Waals surface area contributed by atoms with E-state index in [9.17, 15) is 19.5 Å². The first-order valence-corrected chi connectivity index (χ1v) is 12.4. The molecule has 8 nitrogen and oxygen atoms in total. The number of carbonyl (C=O) groups is 3. The van der Waals surface area contributed by atoms with E-state index < -0.39 is 11.9 Å². The summed E-state index contributed by atoms with van der Waals surface area (Å²) in [6, 6.07) is 19.1. The minimum absolute atomic E-state index is 0.192. The summed E-state index contributed by atoms with van der Waals surface area (Å²) >= 11 is 0. The van der Waals surface area contributed by atoms with E-state index in [1.807, 2.05) is 18.2 Å². The Bertz CT molecular complexity index is 1480. The van der Waals surface area contributed by atoms with Crippen molar-refractivity contribution in [1.29, 1.82) is 0 Å². The van der Waals surface area contributed by atoms with Gasteiger partial charge >= 0.3 is 11.9 Å². The van der Waals surface area contributed by atoms with Crippen LogP contribution in [0.3, 0.4) is 0 Å². The normalized spacial score (nSPS) is 13.5. The third-order valence-electron chi connectivity index (χ3n) is 6.66.